The monoisotopic (exact) mass is 239 g/mol. The fraction of sp³-hybridized carbons (Fsp3) is 0.615. The van der Waals surface area contributed by atoms with Crippen molar-refractivity contribution in [3.05, 3.63) is 22.4 Å². The molecule has 90 valence electrons. The SMILES string of the molecule is CC(C)C(CNC(=O)c1cccs1)C(C)C. The van der Waals surface area contributed by atoms with Crippen LogP contribution in [0.2, 0.25) is 0 Å². The summed E-state index contributed by atoms with van der Waals surface area (Å²) in [4.78, 5) is 12.6. The predicted octanol–water partition coefficient (Wildman–Crippen LogP) is 3.41. The minimum atomic E-state index is 0.0568. The van der Waals surface area contributed by atoms with Gasteiger partial charge < -0.3 is 5.32 Å². The first-order valence-corrected chi connectivity index (χ1v) is 6.72. The highest BCUT2D eigenvalue weighted by Crippen LogP contribution is 2.19. The van der Waals surface area contributed by atoms with E-state index in [1.54, 1.807) is 0 Å². The van der Waals surface area contributed by atoms with Gasteiger partial charge in [-0.3, -0.25) is 4.79 Å². The molecule has 0 aliphatic rings. The van der Waals surface area contributed by atoms with E-state index in [0.717, 1.165) is 11.4 Å². The molecule has 0 unspecified atom stereocenters. The summed E-state index contributed by atoms with van der Waals surface area (Å²) >= 11 is 1.49. The summed E-state index contributed by atoms with van der Waals surface area (Å²) in [6.07, 6.45) is 0. The number of carbonyl (C=O) groups excluding carboxylic acids is 1. The Morgan fingerprint density at radius 1 is 1.31 bits per heavy atom. The lowest BCUT2D eigenvalue weighted by atomic mass is 9.85. The summed E-state index contributed by atoms with van der Waals surface area (Å²) in [7, 11) is 0. The molecule has 1 N–H and O–H groups in total. The van der Waals surface area contributed by atoms with Gasteiger partial charge in [-0.1, -0.05) is 33.8 Å². The molecule has 16 heavy (non-hydrogen) atoms. The largest absolute Gasteiger partial charge is 0.351 e. The van der Waals surface area contributed by atoms with Crippen molar-refractivity contribution in [2.75, 3.05) is 6.54 Å². The van der Waals surface area contributed by atoms with Crippen LogP contribution in [0.25, 0.3) is 0 Å². The maximum Gasteiger partial charge on any atom is 0.261 e. The summed E-state index contributed by atoms with van der Waals surface area (Å²) in [5, 5.41) is 4.95. The number of hydrogen-bond donors (Lipinski definition) is 1. The van der Waals surface area contributed by atoms with Gasteiger partial charge in [0.2, 0.25) is 0 Å². The van der Waals surface area contributed by atoms with E-state index in [1.807, 2.05) is 17.5 Å². The number of rotatable bonds is 5. The van der Waals surface area contributed by atoms with E-state index in [9.17, 15) is 4.79 Å². The molecule has 0 fully saturated rings. The van der Waals surface area contributed by atoms with Gasteiger partial charge in [0, 0.05) is 6.54 Å². The molecule has 0 aromatic carbocycles. The van der Waals surface area contributed by atoms with Crippen molar-refractivity contribution in [1.29, 1.82) is 0 Å². The van der Waals surface area contributed by atoms with Gasteiger partial charge in [-0.05, 0) is 29.2 Å². The van der Waals surface area contributed by atoms with Gasteiger partial charge in [0.1, 0.15) is 0 Å². The second kappa shape index (κ2) is 6.04. The third-order valence-corrected chi connectivity index (χ3v) is 3.82. The second-order valence-electron chi connectivity index (χ2n) is 4.84. The Balaban J connectivity index is 2.47. The Hall–Kier alpha value is -0.830. The van der Waals surface area contributed by atoms with Crippen molar-refractivity contribution in [2.24, 2.45) is 17.8 Å². The average Bonchev–Trinajstić information content (AvgIpc) is 2.69. The van der Waals surface area contributed by atoms with Gasteiger partial charge in [0.25, 0.3) is 5.91 Å². The Bertz CT molecular complexity index is 309. The molecule has 0 atom stereocenters. The lowest BCUT2D eigenvalue weighted by Gasteiger charge is -2.24. The maximum atomic E-state index is 11.8. The lowest BCUT2D eigenvalue weighted by molar-refractivity contribution is 0.0941. The molecule has 1 aromatic rings. The van der Waals surface area contributed by atoms with Crippen LogP contribution in [0.1, 0.15) is 37.4 Å². The zero-order chi connectivity index (χ0) is 12.1. The topological polar surface area (TPSA) is 29.1 Å². The molecule has 1 heterocycles. The first-order valence-electron chi connectivity index (χ1n) is 5.84. The second-order valence-corrected chi connectivity index (χ2v) is 5.79. The van der Waals surface area contributed by atoms with Crippen LogP contribution in [-0.2, 0) is 0 Å². The Labute approximate surface area is 102 Å². The van der Waals surface area contributed by atoms with Crippen LogP contribution in [0, 0.1) is 17.8 Å². The van der Waals surface area contributed by atoms with E-state index in [1.165, 1.54) is 11.3 Å². The fourth-order valence-electron chi connectivity index (χ4n) is 1.95. The third-order valence-electron chi connectivity index (χ3n) is 2.96. The molecule has 0 radical (unpaired) electrons. The molecule has 0 aliphatic carbocycles. The van der Waals surface area contributed by atoms with Gasteiger partial charge in [-0.25, -0.2) is 0 Å². The van der Waals surface area contributed by atoms with Gasteiger partial charge in [0.15, 0.2) is 0 Å². The van der Waals surface area contributed by atoms with Crippen molar-refractivity contribution >= 4 is 17.2 Å². The quantitative estimate of drug-likeness (QED) is 0.838. The minimum absolute atomic E-state index is 0.0568. The molecule has 3 heteroatoms. The molecule has 0 saturated carbocycles. The molecule has 1 rings (SSSR count). The molecule has 0 saturated heterocycles. The van der Waals surface area contributed by atoms with Crippen LogP contribution in [0.5, 0.6) is 0 Å². The smallest absolute Gasteiger partial charge is 0.261 e. The van der Waals surface area contributed by atoms with Crippen molar-refractivity contribution in [3.8, 4) is 0 Å². The van der Waals surface area contributed by atoms with Gasteiger partial charge in [0.05, 0.1) is 4.88 Å². The van der Waals surface area contributed by atoms with E-state index in [2.05, 4.69) is 33.0 Å². The normalized spacial score (nSPS) is 11.4. The molecule has 1 amide bonds. The lowest BCUT2D eigenvalue weighted by Crippen LogP contribution is -2.33. The van der Waals surface area contributed by atoms with Crippen LogP contribution in [0.15, 0.2) is 17.5 Å². The van der Waals surface area contributed by atoms with Crippen LogP contribution in [-0.4, -0.2) is 12.5 Å². The summed E-state index contributed by atoms with van der Waals surface area (Å²) in [5.41, 5.74) is 0. The Morgan fingerprint density at radius 2 is 1.94 bits per heavy atom. The van der Waals surface area contributed by atoms with Crippen molar-refractivity contribution in [2.45, 2.75) is 27.7 Å². The Kier molecular flexibility index (Phi) is 5.00. The van der Waals surface area contributed by atoms with Crippen LogP contribution in [0.3, 0.4) is 0 Å². The zero-order valence-electron chi connectivity index (χ0n) is 10.5. The summed E-state index contributed by atoms with van der Waals surface area (Å²) in [6.45, 7) is 9.61. The van der Waals surface area contributed by atoms with Gasteiger partial charge in [-0.2, -0.15) is 0 Å². The number of thiophene rings is 1. The van der Waals surface area contributed by atoms with Crippen LogP contribution in [0.4, 0.5) is 0 Å². The minimum Gasteiger partial charge on any atom is -0.351 e. The number of carbonyl (C=O) groups is 1. The number of amides is 1. The first-order chi connectivity index (χ1) is 7.52. The first kappa shape index (κ1) is 13.2. The van der Waals surface area contributed by atoms with Crippen LogP contribution < -0.4 is 5.32 Å². The summed E-state index contributed by atoms with van der Waals surface area (Å²) in [6, 6.07) is 3.77. The predicted molar refractivity (Wildman–Crippen MR) is 69.8 cm³/mol. The highest BCUT2D eigenvalue weighted by atomic mass is 32.1. The summed E-state index contributed by atoms with van der Waals surface area (Å²) < 4.78 is 0. The Morgan fingerprint density at radius 3 is 2.38 bits per heavy atom. The fourth-order valence-corrected chi connectivity index (χ4v) is 2.59. The van der Waals surface area contributed by atoms with Crippen LogP contribution >= 0.6 is 11.3 Å². The number of nitrogens with one attached hydrogen (secondary N) is 1. The van der Waals surface area contributed by atoms with E-state index in [4.69, 9.17) is 0 Å². The number of hydrogen-bond acceptors (Lipinski definition) is 2. The third kappa shape index (κ3) is 3.63. The van der Waals surface area contributed by atoms with E-state index in [-0.39, 0.29) is 5.91 Å². The van der Waals surface area contributed by atoms with Crippen molar-refractivity contribution in [1.82, 2.24) is 5.32 Å². The average molecular weight is 239 g/mol. The zero-order valence-corrected chi connectivity index (χ0v) is 11.3. The van der Waals surface area contributed by atoms with E-state index < -0.39 is 0 Å². The maximum absolute atomic E-state index is 11.8. The van der Waals surface area contributed by atoms with Gasteiger partial charge >= 0.3 is 0 Å². The standard InChI is InChI=1S/C13H21NOS/c1-9(2)11(10(3)4)8-14-13(15)12-6-5-7-16-12/h5-7,9-11H,8H2,1-4H3,(H,14,15). The van der Waals surface area contributed by atoms with Gasteiger partial charge in [-0.15, -0.1) is 11.3 Å². The summed E-state index contributed by atoms with van der Waals surface area (Å²) in [5.74, 6) is 1.80. The van der Waals surface area contributed by atoms with Crippen molar-refractivity contribution < 1.29 is 4.79 Å². The molecular formula is C13H21NOS. The molecule has 0 aliphatic heterocycles. The molecule has 2 nitrogen and oxygen atoms in total. The molecule has 0 spiro atoms. The highest BCUT2D eigenvalue weighted by Gasteiger charge is 2.18. The van der Waals surface area contributed by atoms with E-state index >= 15 is 0 Å². The molecule has 0 bridgehead atoms. The van der Waals surface area contributed by atoms with E-state index in [0.29, 0.717) is 17.8 Å². The van der Waals surface area contributed by atoms with Crippen molar-refractivity contribution in [3.63, 3.8) is 0 Å². The molecule has 1 aromatic heterocycles. The highest BCUT2D eigenvalue weighted by molar-refractivity contribution is 7.12. The molecular weight excluding hydrogens is 218 g/mol.